The maximum atomic E-state index is 13.2. The summed E-state index contributed by atoms with van der Waals surface area (Å²) in [5.41, 5.74) is 3.20. The second-order valence-electron chi connectivity index (χ2n) is 10.7. The standard InChI is InChI=1S/C31H35F3N2O2/c1-21(2)6-15-28(24-9-7-23(8-10-24)27-5-3-4-17-35-27)36-18-16-22(20-30(37)38)19-29(36)25-11-13-26(14-12-25)31(32,33)34/h3-5,7-14,17,21-22,28-29H,6,15-16,18-20H2,1-2H3,(H,37,38). The number of hydrogen-bond donors (Lipinski definition) is 1. The van der Waals surface area contributed by atoms with E-state index in [2.05, 4.69) is 48.0 Å². The molecule has 0 aliphatic carbocycles. The zero-order valence-electron chi connectivity index (χ0n) is 21.9. The summed E-state index contributed by atoms with van der Waals surface area (Å²) in [5, 5.41) is 9.42. The molecule has 3 atom stereocenters. The Labute approximate surface area is 222 Å². The van der Waals surface area contributed by atoms with Gasteiger partial charge in [0.2, 0.25) is 0 Å². The molecule has 3 aromatic rings. The summed E-state index contributed by atoms with van der Waals surface area (Å²) in [5.74, 6) is -0.358. The van der Waals surface area contributed by atoms with E-state index in [1.807, 2.05) is 18.2 Å². The van der Waals surface area contributed by atoms with Gasteiger partial charge in [0.15, 0.2) is 0 Å². The van der Waals surface area contributed by atoms with Crippen LogP contribution in [-0.4, -0.2) is 27.5 Å². The minimum Gasteiger partial charge on any atom is -0.481 e. The quantitative estimate of drug-likeness (QED) is 0.307. The summed E-state index contributed by atoms with van der Waals surface area (Å²) in [6, 6.07) is 19.5. The number of halogens is 3. The molecule has 0 bridgehead atoms. The SMILES string of the molecule is CC(C)CCC(c1ccc(-c2ccccn2)cc1)N1CCC(CC(=O)O)CC1c1ccc(C(F)(F)F)cc1. The number of carboxylic acid groups (broad SMARTS) is 1. The third-order valence-electron chi connectivity index (χ3n) is 7.51. The number of benzene rings is 2. The average molecular weight is 525 g/mol. The Balaban J connectivity index is 1.68. The smallest absolute Gasteiger partial charge is 0.416 e. The number of carboxylic acids is 1. The molecule has 2 heterocycles. The topological polar surface area (TPSA) is 53.4 Å². The first-order valence-corrected chi connectivity index (χ1v) is 13.3. The predicted octanol–water partition coefficient (Wildman–Crippen LogP) is 8.17. The fourth-order valence-corrected chi connectivity index (χ4v) is 5.51. The molecular formula is C31H35F3N2O2. The number of likely N-dealkylation sites (tertiary alicyclic amines) is 1. The van der Waals surface area contributed by atoms with Gasteiger partial charge in [-0.05, 0) is 79.5 Å². The van der Waals surface area contributed by atoms with Crippen LogP contribution in [0.5, 0.6) is 0 Å². The third-order valence-corrected chi connectivity index (χ3v) is 7.51. The maximum absolute atomic E-state index is 13.2. The van der Waals surface area contributed by atoms with E-state index < -0.39 is 17.7 Å². The van der Waals surface area contributed by atoms with Gasteiger partial charge in [-0.2, -0.15) is 13.2 Å². The second kappa shape index (κ2) is 12.1. The van der Waals surface area contributed by atoms with Gasteiger partial charge in [0, 0.05) is 30.3 Å². The molecule has 4 rings (SSSR count). The van der Waals surface area contributed by atoms with E-state index in [1.165, 1.54) is 0 Å². The van der Waals surface area contributed by atoms with Crippen molar-refractivity contribution in [3.63, 3.8) is 0 Å². The van der Waals surface area contributed by atoms with Gasteiger partial charge in [-0.15, -0.1) is 0 Å². The Kier molecular flexibility index (Phi) is 8.87. The van der Waals surface area contributed by atoms with Gasteiger partial charge in [0.05, 0.1) is 11.3 Å². The lowest BCUT2D eigenvalue weighted by molar-refractivity contribution is -0.139. The fraction of sp³-hybridized carbons (Fsp3) is 0.419. The van der Waals surface area contributed by atoms with E-state index in [0.29, 0.717) is 18.9 Å². The number of pyridine rings is 1. The molecular weight excluding hydrogens is 489 g/mol. The molecule has 1 fully saturated rings. The third kappa shape index (κ3) is 7.01. The van der Waals surface area contributed by atoms with Crippen molar-refractivity contribution in [2.45, 2.75) is 64.2 Å². The van der Waals surface area contributed by atoms with Gasteiger partial charge in [-0.1, -0.05) is 56.3 Å². The minimum absolute atomic E-state index is 0.0201. The van der Waals surface area contributed by atoms with Crippen molar-refractivity contribution >= 4 is 5.97 Å². The lowest BCUT2D eigenvalue weighted by atomic mass is 9.82. The molecule has 4 nitrogen and oxygen atoms in total. The van der Waals surface area contributed by atoms with Crippen LogP contribution in [0.4, 0.5) is 13.2 Å². The van der Waals surface area contributed by atoms with Gasteiger partial charge < -0.3 is 5.11 Å². The van der Waals surface area contributed by atoms with Crippen LogP contribution in [-0.2, 0) is 11.0 Å². The Morgan fingerprint density at radius 3 is 2.32 bits per heavy atom. The molecule has 1 aliphatic rings. The van der Waals surface area contributed by atoms with E-state index in [-0.39, 0.29) is 24.4 Å². The lowest BCUT2D eigenvalue weighted by Gasteiger charge is -2.44. The largest absolute Gasteiger partial charge is 0.481 e. The number of carbonyl (C=O) groups is 1. The lowest BCUT2D eigenvalue weighted by Crippen LogP contribution is -2.40. The average Bonchev–Trinajstić information content (AvgIpc) is 2.89. The molecule has 2 aromatic carbocycles. The van der Waals surface area contributed by atoms with E-state index >= 15 is 0 Å². The predicted molar refractivity (Wildman–Crippen MR) is 142 cm³/mol. The van der Waals surface area contributed by atoms with Crippen molar-refractivity contribution in [2.24, 2.45) is 11.8 Å². The number of hydrogen-bond acceptors (Lipinski definition) is 3. The number of alkyl halides is 3. The van der Waals surface area contributed by atoms with Crippen LogP contribution in [0.15, 0.2) is 72.9 Å². The number of piperidine rings is 1. The van der Waals surface area contributed by atoms with Crippen molar-refractivity contribution in [2.75, 3.05) is 6.54 Å². The molecule has 202 valence electrons. The summed E-state index contributed by atoms with van der Waals surface area (Å²) in [6.45, 7) is 5.07. The summed E-state index contributed by atoms with van der Waals surface area (Å²) in [7, 11) is 0. The van der Waals surface area contributed by atoms with Crippen molar-refractivity contribution in [3.8, 4) is 11.3 Å². The van der Waals surface area contributed by atoms with Crippen LogP contribution in [0.2, 0.25) is 0 Å². The number of nitrogens with zero attached hydrogens (tertiary/aromatic N) is 2. The van der Waals surface area contributed by atoms with Crippen LogP contribution >= 0.6 is 0 Å². The van der Waals surface area contributed by atoms with Gasteiger partial charge in [-0.25, -0.2) is 0 Å². The number of rotatable bonds is 9. The molecule has 1 aromatic heterocycles. The summed E-state index contributed by atoms with van der Waals surface area (Å²) < 4.78 is 39.7. The molecule has 38 heavy (non-hydrogen) atoms. The highest BCUT2D eigenvalue weighted by Crippen LogP contribution is 2.43. The van der Waals surface area contributed by atoms with Crippen molar-refractivity contribution in [1.29, 1.82) is 0 Å². The highest BCUT2D eigenvalue weighted by Gasteiger charge is 2.36. The first-order valence-electron chi connectivity index (χ1n) is 13.3. The monoisotopic (exact) mass is 524 g/mol. The summed E-state index contributed by atoms with van der Waals surface area (Å²) >= 11 is 0. The van der Waals surface area contributed by atoms with E-state index in [9.17, 15) is 23.1 Å². The summed E-state index contributed by atoms with van der Waals surface area (Å²) in [6.07, 6.45) is 0.690. The van der Waals surface area contributed by atoms with Gasteiger partial charge in [-0.3, -0.25) is 14.7 Å². The molecule has 1 N–H and O–H groups in total. The van der Waals surface area contributed by atoms with E-state index in [0.717, 1.165) is 53.8 Å². The van der Waals surface area contributed by atoms with Crippen LogP contribution < -0.4 is 0 Å². The van der Waals surface area contributed by atoms with E-state index in [1.54, 1.807) is 18.3 Å². The van der Waals surface area contributed by atoms with Crippen molar-refractivity contribution in [3.05, 3.63) is 89.6 Å². The van der Waals surface area contributed by atoms with Crippen LogP contribution in [0.1, 0.15) is 74.7 Å². The molecule has 1 aliphatic heterocycles. The Morgan fingerprint density at radius 1 is 1.03 bits per heavy atom. The Bertz CT molecular complexity index is 1180. The van der Waals surface area contributed by atoms with Crippen LogP contribution in [0.25, 0.3) is 11.3 Å². The van der Waals surface area contributed by atoms with Crippen LogP contribution in [0.3, 0.4) is 0 Å². The Hall–Kier alpha value is -3.19. The van der Waals surface area contributed by atoms with E-state index in [4.69, 9.17) is 0 Å². The fourth-order valence-electron chi connectivity index (χ4n) is 5.51. The first kappa shape index (κ1) is 27.8. The molecule has 1 saturated heterocycles. The zero-order valence-corrected chi connectivity index (χ0v) is 21.9. The molecule has 3 unspecified atom stereocenters. The van der Waals surface area contributed by atoms with Gasteiger partial charge in [0.25, 0.3) is 0 Å². The van der Waals surface area contributed by atoms with Gasteiger partial charge >= 0.3 is 12.1 Å². The normalized spacial score (nSPS) is 19.4. The highest BCUT2D eigenvalue weighted by molar-refractivity contribution is 5.67. The van der Waals surface area contributed by atoms with Crippen molar-refractivity contribution in [1.82, 2.24) is 9.88 Å². The molecule has 0 amide bonds. The summed E-state index contributed by atoms with van der Waals surface area (Å²) in [4.78, 5) is 18.3. The van der Waals surface area contributed by atoms with Crippen LogP contribution in [0, 0.1) is 11.8 Å². The highest BCUT2D eigenvalue weighted by atomic mass is 19.4. The minimum atomic E-state index is -4.40. The second-order valence-corrected chi connectivity index (χ2v) is 10.7. The molecule has 0 saturated carbocycles. The van der Waals surface area contributed by atoms with Crippen molar-refractivity contribution < 1.29 is 23.1 Å². The molecule has 0 spiro atoms. The first-order chi connectivity index (χ1) is 18.1. The molecule has 7 heteroatoms. The number of aromatic nitrogens is 1. The number of aliphatic carboxylic acids is 1. The van der Waals surface area contributed by atoms with Gasteiger partial charge in [0.1, 0.15) is 0 Å². The molecule has 0 radical (unpaired) electrons. The maximum Gasteiger partial charge on any atom is 0.416 e. The Morgan fingerprint density at radius 2 is 1.74 bits per heavy atom. The zero-order chi connectivity index (χ0) is 27.3.